The quantitative estimate of drug-likeness (QED) is 0.793. The first kappa shape index (κ1) is 15.3. The summed E-state index contributed by atoms with van der Waals surface area (Å²) in [5.41, 5.74) is 2.16. The zero-order chi connectivity index (χ0) is 16.4. The van der Waals surface area contributed by atoms with Gasteiger partial charge in [0, 0.05) is 11.7 Å². The molecule has 1 saturated carbocycles. The molecule has 3 rings (SSSR count). The predicted octanol–water partition coefficient (Wildman–Crippen LogP) is 2.68. The Labute approximate surface area is 134 Å². The van der Waals surface area contributed by atoms with Gasteiger partial charge in [-0.15, -0.1) is 0 Å². The fourth-order valence-corrected chi connectivity index (χ4v) is 2.22. The summed E-state index contributed by atoms with van der Waals surface area (Å²) in [6, 6.07) is 8.99. The van der Waals surface area contributed by atoms with Crippen LogP contribution in [0.25, 0.3) is 0 Å². The zero-order valence-corrected chi connectivity index (χ0v) is 13.2. The van der Waals surface area contributed by atoms with Gasteiger partial charge in [-0.05, 0) is 37.0 Å². The number of hydrogen-bond acceptors (Lipinski definition) is 3. The lowest BCUT2D eigenvalue weighted by Gasteiger charge is -2.10. The van der Waals surface area contributed by atoms with Crippen molar-refractivity contribution in [2.75, 3.05) is 5.32 Å². The van der Waals surface area contributed by atoms with E-state index in [0.29, 0.717) is 16.9 Å². The smallest absolute Gasteiger partial charge is 0.276 e. The Bertz CT molecular complexity index is 732. The second kappa shape index (κ2) is 6.24. The molecule has 23 heavy (non-hydrogen) atoms. The number of H-pyrrole nitrogens is 1. The number of rotatable bonds is 5. The molecule has 1 aliphatic rings. The molecule has 0 atom stereocenters. The average Bonchev–Trinajstić information content (AvgIpc) is 3.18. The number of amides is 2. The van der Waals surface area contributed by atoms with Crippen molar-refractivity contribution in [1.29, 1.82) is 0 Å². The number of nitrogens with one attached hydrogen (secondary N) is 3. The Hall–Kier alpha value is -2.63. The summed E-state index contributed by atoms with van der Waals surface area (Å²) in [6.07, 6.45) is 2.04. The Kier molecular flexibility index (Phi) is 4.14. The molecule has 6 nitrogen and oxygen atoms in total. The van der Waals surface area contributed by atoms with Gasteiger partial charge >= 0.3 is 0 Å². The Balaban J connectivity index is 1.76. The molecule has 0 saturated heterocycles. The molecule has 0 bridgehead atoms. The molecule has 2 aromatic rings. The molecule has 0 aliphatic heterocycles. The van der Waals surface area contributed by atoms with Crippen LogP contribution in [-0.4, -0.2) is 28.1 Å². The van der Waals surface area contributed by atoms with Crippen LogP contribution in [0.15, 0.2) is 30.3 Å². The van der Waals surface area contributed by atoms with E-state index < -0.39 is 0 Å². The molecule has 2 amide bonds. The highest BCUT2D eigenvalue weighted by Crippen LogP contribution is 2.22. The van der Waals surface area contributed by atoms with Crippen molar-refractivity contribution in [2.45, 2.75) is 38.6 Å². The molecule has 0 spiro atoms. The van der Waals surface area contributed by atoms with E-state index in [-0.39, 0.29) is 23.8 Å². The monoisotopic (exact) mass is 312 g/mol. The minimum atomic E-state index is -0.333. The molecule has 0 radical (unpaired) electrons. The van der Waals surface area contributed by atoms with Gasteiger partial charge in [0.05, 0.1) is 11.3 Å². The number of benzene rings is 1. The van der Waals surface area contributed by atoms with Crippen LogP contribution < -0.4 is 10.6 Å². The Morgan fingerprint density at radius 1 is 1.22 bits per heavy atom. The van der Waals surface area contributed by atoms with Crippen LogP contribution in [0.4, 0.5) is 5.69 Å². The molecular formula is C17H20N4O2. The normalized spacial score (nSPS) is 13.9. The fraction of sp³-hybridized carbons (Fsp3) is 0.353. The highest BCUT2D eigenvalue weighted by atomic mass is 16.2. The highest BCUT2D eigenvalue weighted by molar-refractivity contribution is 6.08. The summed E-state index contributed by atoms with van der Waals surface area (Å²) in [5, 5.41) is 12.6. The molecule has 1 aliphatic carbocycles. The van der Waals surface area contributed by atoms with Crippen LogP contribution in [0, 0.1) is 0 Å². The molecule has 3 N–H and O–H groups in total. The molecule has 1 aromatic heterocycles. The Morgan fingerprint density at radius 2 is 1.96 bits per heavy atom. The van der Waals surface area contributed by atoms with Gasteiger partial charge in [0.25, 0.3) is 11.8 Å². The fourth-order valence-electron chi connectivity index (χ4n) is 2.22. The molecule has 1 aromatic carbocycles. The van der Waals surface area contributed by atoms with E-state index >= 15 is 0 Å². The number of carbonyl (C=O) groups excluding carboxylic acids is 2. The summed E-state index contributed by atoms with van der Waals surface area (Å²) >= 11 is 0. The maximum atomic E-state index is 12.3. The summed E-state index contributed by atoms with van der Waals surface area (Å²) in [7, 11) is 0. The van der Waals surface area contributed by atoms with Gasteiger partial charge < -0.3 is 10.6 Å². The van der Waals surface area contributed by atoms with Crippen LogP contribution >= 0.6 is 0 Å². The SMILES string of the molecule is CC(C)c1cc(C(=O)Nc2ccccc2C(=O)NC2CC2)n[nH]1. The first-order valence-electron chi connectivity index (χ1n) is 7.81. The number of para-hydroxylation sites is 1. The van der Waals surface area contributed by atoms with Crippen LogP contribution in [0.3, 0.4) is 0 Å². The average molecular weight is 312 g/mol. The summed E-state index contributed by atoms with van der Waals surface area (Å²) in [5.74, 6) is -0.228. The molecule has 1 heterocycles. The third kappa shape index (κ3) is 3.59. The summed E-state index contributed by atoms with van der Waals surface area (Å²) < 4.78 is 0. The van der Waals surface area contributed by atoms with Gasteiger partial charge in [-0.25, -0.2) is 0 Å². The van der Waals surface area contributed by atoms with E-state index in [9.17, 15) is 9.59 Å². The molecule has 6 heteroatoms. The van der Waals surface area contributed by atoms with Crippen LogP contribution in [-0.2, 0) is 0 Å². The summed E-state index contributed by atoms with van der Waals surface area (Å²) in [4.78, 5) is 24.6. The highest BCUT2D eigenvalue weighted by Gasteiger charge is 2.25. The largest absolute Gasteiger partial charge is 0.349 e. The van der Waals surface area contributed by atoms with Crippen molar-refractivity contribution in [3.63, 3.8) is 0 Å². The topological polar surface area (TPSA) is 86.9 Å². The summed E-state index contributed by atoms with van der Waals surface area (Å²) in [6.45, 7) is 4.04. The molecule has 120 valence electrons. The van der Waals surface area contributed by atoms with E-state index in [4.69, 9.17) is 0 Å². The molecular weight excluding hydrogens is 292 g/mol. The second-order valence-corrected chi connectivity index (χ2v) is 6.11. The first-order valence-corrected chi connectivity index (χ1v) is 7.81. The van der Waals surface area contributed by atoms with Crippen molar-refractivity contribution in [2.24, 2.45) is 0 Å². The number of carbonyl (C=O) groups is 2. The van der Waals surface area contributed by atoms with Crippen molar-refractivity contribution in [1.82, 2.24) is 15.5 Å². The van der Waals surface area contributed by atoms with Crippen molar-refractivity contribution in [3.05, 3.63) is 47.3 Å². The second-order valence-electron chi connectivity index (χ2n) is 6.11. The predicted molar refractivity (Wildman–Crippen MR) is 87.6 cm³/mol. The number of aromatic nitrogens is 2. The minimum absolute atomic E-state index is 0.159. The van der Waals surface area contributed by atoms with Gasteiger partial charge in [0.2, 0.25) is 0 Å². The lowest BCUT2D eigenvalue weighted by molar-refractivity contribution is 0.0952. The number of anilines is 1. The van der Waals surface area contributed by atoms with E-state index in [2.05, 4.69) is 20.8 Å². The van der Waals surface area contributed by atoms with Crippen molar-refractivity contribution < 1.29 is 9.59 Å². The van der Waals surface area contributed by atoms with E-state index in [0.717, 1.165) is 18.5 Å². The van der Waals surface area contributed by atoms with Gasteiger partial charge in [-0.1, -0.05) is 26.0 Å². The number of nitrogens with zero attached hydrogens (tertiary/aromatic N) is 1. The van der Waals surface area contributed by atoms with Gasteiger partial charge in [-0.2, -0.15) is 5.10 Å². The van der Waals surface area contributed by atoms with Gasteiger partial charge in [-0.3, -0.25) is 14.7 Å². The van der Waals surface area contributed by atoms with Crippen molar-refractivity contribution >= 4 is 17.5 Å². The van der Waals surface area contributed by atoms with Gasteiger partial charge in [0.15, 0.2) is 5.69 Å². The number of aromatic amines is 1. The maximum Gasteiger partial charge on any atom is 0.276 e. The van der Waals surface area contributed by atoms with Gasteiger partial charge in [0.1, 0.15) is 0 Å². The maximum absolute atomic E-state index is 12.3. The number of hydrogen-bond donors (Lipinski definition) is 3. The third-order valence-electron chi connectivity index (χ3n) is 3.78. The van der Waals surface area contributed by atoms with Crippen LogP contribution in [0.5, 0.6) is 0 Å². The first-order chi connectivity index (χ1) is 11.0. The lowest BCUT2D eigenvalue weighted by atomic mass is 10.1. The van der Waals surface area contributed by atoms with E-state index in [1.165, 1.54) is 0 Å². The molecule has 1 fully saturated rings. The van der Waals surface area contributed by atoms with E-state index in [1.807, 2.05) is 13.8 Å². The van der Waals surface area contributed by atoms with Crippen molar-refractivity contribution in [3.8, 4) is 0 Å². The molecule has 0 unspecified atom stereocenters. The third-order valence-corrected chi connectivity index (χ3v) is 3.78. The minimum Gasteiger partial charge on any atom is -0.349 e. The lowest BCUT2D eigenvalue weighted by Crippen LogP contribution is -2.27. The van der Waals surface area contributed by atoms with E-state index in [1.54, 1.807) is 30.3 Å². The standard InChI is InChI=1S/C17H20N4O2/c1-10(2)14-9-15(21-20-14)17(23)19-13-6-4-3-5-12(13)16(22)18-11-7-8-11/h3-6,9-11H,7-8H2,1-2H3,(H,18,22)(H,19,23)(H,20,21). The zero-order valence-electron chi connectivity index (χ0n) is 13.2. The van der Waals surface area contributed by atoms with Crippen LogP contribution in [0.1, 0.15) is 59.1 Å². The Morgan fingerprint density at radius 3 is 2.61 bits per heavy atom. The van der Waals surface area contributed by atoms with Crippen LogP contribution in [0.2, 0.25) is 0 Å².